The van der Waals surface area contributed by atoms with E-state index in [2.05, 4.69) is 9.73 Å². The van der Waals surface area contributed by atoms with Gasteiger partial charge in [0.15, 0.2) is 0 Å². The van der Waals surface area contributed by atoms with Crippen molar-refractivity contribution in [2.24, 2.45) is 4.99 Å². The Morgan fingerprint density at radius 2 is 1.94 bits per heavy atom. The Morgan fingerprint density at radius 3 is 2.56 bits per heavy atom. The topological polar surface area (TPSA) is 21.6 Å². The summed E-state index contributed by atoms with van der Waals surface area (Å²) in [6.45, 7) is 0.676. The van der Waals surface area contributed by atoms with Crippen molar-refractivity contribution in [2.75, 3.05) is 6.54 Å². The summed E-state index contributed by atoms with van der Waals surface area (Å²) < 4.78 is 40.4. The van der Waals surface area contributed by atoms with Gasteiger partial charge in [-0.25, -0.2) is 0 Å². The first-order chi connectivity index (χ1) is 7.56. The van der Waals surface area contributed by atoms with Crippen molar-refractivity contribution in [1.29, 1.82) is 0 Å². The molecule has 0 fully saturated rings. The summed E-state index contributed by atoms with van der Waals surface area (Å²) >= 11 is 0. The molecular formula is C11H10F3NO. The number of aliphatic imine (C=N–C) groups is 1. The molecule has 0 bridgehead atoms. The number of halogens is 3. The van der Waals surface area contributed by atoms with E-state index in [1.165, 1.54) is 12.1 Å². The van der Waals surface area contributed by atoms with Crippen molar-refractivity contribution >= 4 is 5.71 Å². The minimum absolute atomic E-state index is 0.171. The van der Waals surface area contributed by atoms with Crippen LogP contribution in [0.25, 0.3) is 0 Å². The van der Waals surface area contributed by atoms with Crippen molar-refractivity contribution in [3.05, 3.63) is 29.8 Å². The first-order valence-electron chi connectivity index (χ1n) is 4.95. The molecule has 1 aliphatic rings. The molecule has 0 N–H and O–H groups in total. The van der Waals surface area contributed by atoms with Crippen molar-refractivity contribution in [1.82, 2.24) is 0 Å². The fourth-order valence-electron chi connectivity index (χ4n) is 1.68. The summed E-state index contributed by atoms with van der Waals surface area (Å²) in [5, 5.41) is 0. The molecule has 16 heavy (non-hydrogen) atoms. The number of hydrogen-bond acceptors (Lipinski definition) is 2. The van der Waals surface area contributed by atoms with E-state index in [1.54, 1.807) is 12.1 Å². The molecule has 0 saturated carbocycles. The van der Waals surface area contributed by atoms with E-state index in [4.69, 9.17) is 0 Å². The monoisotopic (exact) mass is 229 g/mol. The largest absolute Gasteiger partial charge is 0.573 e. The van der Waals surface area contributed by atoms with Gasteiger partial charge in [0.1, 0.15) is 5.75 Å². The summed E-state index contributed by atoms with van der Waals surface area (Å²) in [6, 6.07) is 6.11. The van der Waals surface area contributed by atoms with Crippen LogP contribution in [0.15, 0.2) is 29.3 Å². The second-order valence-corrected chi connectivity index (χ2v) is 3.48. The number of alkyl halides is 3. The van der Waals surface area contributed by atoms with Gasteiger partial charge in [-0.3, -0.25) is 4.99 Å². The number of para-hydroxylation sites is 1. The standard InChI is InChI=1S/C11H10F3NO/c12-11(13,14)16-10-6-2-1-4-8(10)9-5-3-7-15-9/h1-2,4,6H,3,5,7H2. The summed E-state index contributed by atoms with van der Waals surface area (Å²) in [5.74, 6) is -0.171. The van der Waals surface area contributed by atoms with Gasteiger partial charge in [0.25, 0.3) is 0 Å². The maximum absolute atomic E-state index is 12.1. The molecule has 86 valence electrons. The maximum Gasteiger partial charge on any atom is 0.573 e. The fourth-order valence-corrected chi connectivity index (χ4v) is 1.68. The first kappa shape index (κ1) is 11.0. The van der Waals surface area contributed by atoms with E-state index < -0.39 is 6.36 Å². The van der Waals surface area contributed by atoms with Crippen LogP contribution in [-0.2, 0) is 0 Å². The van der Waals surface area contributed by atoms with Crippen molar-refractivity contribution in [2.45, 2.75) is 19.2 Å². The molecule has 0 spiro atoms. The van der Waals surface area contributed by atoms with Gasteiger partial charge in [0.05, 0.1) is 0 Å². The Bertz CT molecular complexity index is 412. The van der Waals surface area contributed by atoms with E-state index in [0.717, 1.165) is 6.42 Å². The van der Waals surface area contributed by atoms with Gasteiger partial charge in [0.2, 0.25) is 0 Å². The third-order valence-electron chi connectivity index (χ3n) is 2.30. The van der Waals surface area contributed by atoms with E-state index in [0.29, 0.717) is 24.2 Å². The van der Waals surface area contributed by atoms with E-state index in [1.807, 2.05) is 0 Å². The average Bonchev–Trinajstić information content (AvgIpc) is 2.69. The van der Waals surface area contributed by atoms with E-state index in [-0.39, 0.29) is 5.75 Å². The Balaban J connectivity index is 2.30. The minimum Gasteiger partial charge on any atom is -0.405 e. The number of rotatable bonds is 2. The van der Waals surface area contributed by atoms with Crippen LogP contribution >= 0.6 is 0 Å². The second kappa shape index (κ2) is 4.15. The molecule has 0 saturated heterocycles. The third kappa shape index (κ3) is 2.53. The van der Waals surface area contributed by atoms with Crippen LogP contribution in [-0.4, -0.2) is 18.6 Å². The van der Waals surface area contributed by atoms with Gasteiger partial charge in [-0.2, -0.15) is 0 Å². The Kier molecular flexibility index (Phi) is 2.85. The Labute approximate surface area is 90.8 Å². The van der Waals surface area contributed by atoms with Crippen LogP contribution in [0.1, 0.15) is 18.4 Å². The average molecular weight is 229 g/mol. The highest BCUT2D eigenvalue weighted by Crippen LogP contribution is 2.28. The quantitative estimate of drug-likeness (QED) is 0.763. The second-order valence-electron chi connectivity index (χ2n) is 3.48. The van der Waals surface area contributed by atoms with Gasteiger partial charge in [0, 0.05) is 17.8 Å². The summed E-state index contributed by atoms with van der Waals surface area (Å²) in [6.07, 6.45) is -3.07. The molecule has 2 nitrogen and oxygen atoms in total. The summed E-state index contributed by atoms with van der Waals surface area (Å²) in [7, 11) is 0. The highest BCUT2D eigenvalue weighted by molar-refractivity contribution is 6.03. The lowest BCUT2D eigenvalue weighted by atomic mass is 10.1. The summed E-state index contributed by atoms with van der Waals surface area (Å²) in [5.41, 5.74) is 1.14. The smallest absolute Gasteiger partial charge is 0.405 e. The number of ether oxygens (including phenoxy) is 1. The number of nitrogens with zero attached hydrogens (tertiary/aromatic N) is 1. The predicted octanol–water partition coefficient (Wildman–Crippen LogP) is 3.17. The number of benzene rings is 1. The van der Waals surface area contributed by atoms with Crippen LogP contribution in [0.5, 0.6) is 5.75 Å². The maximum atomic E-state index is 12.1. The summed E-state index contributed by atoms with van der Waals surface area (Å²) in [4.78, 5) is 4.17. The lowest BCUT2D eigenvalue weighted by Crippen LogP contribution is -2.18. The zero-order chi connectivity index (χ0) is 11.6. The first-order valence-corrected chi connectivity index (χ1v) is 4.95. The molecule has 0 amide bonds. The predicted molar refractivity (Wildman–Crippen MR) is 53.8 cm³/mol. The van der Waals surface area contributed by atoms with Crippen LogP contribution in [0.3, 0.4) is 0 Å². The fraction of sp³-hybridized carbons (Fsp3) is 0.364. The lowest BCUT2D eigenvalue weighted by molar-refractivity contribution is -0.274. The SMILES string of the molecule is FC(F)(F)Oc1ccccc1C1=NCCC1. The van der Waals surface area contributed by atoms with Crippen LogP contribution < -0.4 is 4.74 Å². The lowest BCUT2D eigenvalue weighted by Gasteiger charge is -2.12. The Morgan fingerprint density at radius 1 is 1.19 bits per heavy atom. The van der Waals surface area contributed by atoms with Gasteiger partial charge in [-0.15, -0.1) is 13.2 Å². The van der Waals surface area contributed by atoms with Crippen LogP contribution in [0.2, 0.25) is 0 Å². The molecule has 0 aliphatic carbocycles. The third-order valence-corrected chi connectivity index (χ3v) is 2.30. The number of hydrogen-bond donors (Lipinski definition) is 0. The molecule has 5 heteroatoms. The highest BCUT2D eigenvalue weighted by Gasteiger charge is 2.32. The van der Waals surface area contributed by atoms with Gasteiger partial charge < -0.3 is 4.74 Å². The molecule has 0 aromatic heterocycles. The molecule has 0 unspecified atom stereocenters. The van der Waals surface area contributed by atoms with Gasteiger partial charge >= 0.3 is 6.36 Å². The van der Waals surface area contributed by atoms with Crippen LogP contribution in [0, 0.1) is 0 Å². The van der Waals surface area contributed by atoms with E-state index in [9.17, 15) is 13.2 Å². The van der Waals surface area contributed by atoms with Crippen molar-refractivity contribution < 1.29 is 17.9 Å². The zero-order valence-electron chi connectivity index (χ0n) is 8.42. The normalized spacial score (nSPS) is 16.1. The van der Waals surface area contributed by atoms with Gasteiger partial charge in [-0.1, -0.05) is 12.1 Å². The van der Waals surface area contributed by atoms with Gasteiger partial charge in [-0.05, 0) is 25.0 Å². The van der Waals surface area contributed by atoms with E-state index >= 15 is 0 Å². The zero-order valence-corrected chi connectivity index (χ0v) is 8.42. The molecule has 0 atom stereocenters. The molecular weight excluding hydrogens is 219 g/mol. The highest BCUT2D eigenvalue weighted by atomic mass is 19.4. The van der Waals surface area contributed by atoms with Crippen molar-refractivity contribution in [3.8, 4) is 5.75 Å². The molecule has 1 aromatic rings. The Hall–Kier alpha value is -1.52. The molecule has 1 aliphatic heterocycles. The molecule has 1 aromatic carbocycles. The molecule has 0 radical (unpaired) electrons. The molecule has 1 heterocycles. The molecule has 2 rings (SSSR count). The van der Waals surface area contributed by atoms with Crippen LogP contribution in [0.4, 0.5) is 13.2 Å². The minimum atomic E-state index is -4.66. The van der Waals surface area contributed by atoms with Crippen molar-refractivity contribution in [3.63, 3.8) is 0 Å².